The van der Waals surface area contributed by atoms with Crippen molar-refractivity contribution in [1.29, 1.82) is 0 Å². The summed E-state index contributed by atoms with van der Waals surface area (Å²) in [7, 11) is 0. The third-order valence-corrected chi connectivity index (χ3v) is 7.67. The number of halogens is 4. The average molecular weight is 457 g/mol. The summed E-state index contributed by atoms with van der Waals surface area (Å²) in [5.74, 6) is -0.731. The zero-order chi connectivity index (χ0) is 23.1. The molecule has 3 aliphatic rings. The molecular formula is C24H32F4N2O2. The third-order valence-electron chi connectivity index (χ3n) is 7.67. The van der Waals surface area contributed by atoms with Crippen LogP contribution < -0.4 is 5.32 Å². The highest BCUT2D eigenvalue weighted by atomic mass is 19.4. The van der Waals surface area contributed by atoms with Crippen molar-refractivity contribution in [2.24, 2.45) is 11.3 Å². The van der Waals surface area contributed by atoms with Crippen LogP contribution >= 0.6 is 0 Å². The van der Waals surface area contributed by atoms with Crippen molar-refractivity contribution >= 4 is 5.91 Å². The molecule has 2 fully saturated rings. The predicted molar refractivity (Wildman–Crippen MR) is 112 cm³/mol. The van der Waals surface area contributed by atoms with Crippen LogP contribution in [0.15, 0.2) is 12.1 Å². The number of hydrogen-bond donors (Lipinski definition) is 1. The molecule has 2 aliphatic heterocycles. The molecule has 1 amide bonds. The highest BCUT2D eigenvalue weighted by Crippen LogP contribution is 2.47. The van der Waals surface area contributed by atoms with E-state index in [2.05, 4.69) is 5.32 Å². The smallest absolute Gasteiger partial charge is 0.381 e. The van der Waals surface area contributed by atoms with E-state index in [1.54, 1.807) is 4.90 Å². The van der Waals surface area contributed by atoms with E-state index in [9.17, 15) is 22.4 Å². The highest BCUT2D eigenvalue weighted by molar-refractivity contribution is 5.84. The van der Waals surface area contributed by atoms with Gasteiger partial charge in [0.2, 0.25) is 5.91 Å². The van der Waals surface area contributed by atoms with Crippen molar-refractivity contribution in [3.8, 4) is 0 Å². The molecule has 1 aromatic carbocycles. The molecule has 1 saturated carbocycles. The standard InChI is InChI=1S/C24H32F4N2O2/c1-15(2)23(7-3-19(13-23)29-18-5-9-32-10-6-18)22(31)30-8-4-20-16(14-30)11-17(12-21(20)25)24(26,27)28/h11-12,15,18-19,29H,3-10,13-14H2,1-2H3. The molecule has 178 valence electrons. The summed E-state index contributed by atoms with van der Waals surface area (Å²) >= 11 is 0. The maximum Gasteiger partial charge on any atom is 0.416 e. The zero-order valence-electron chi connectivity index (χ0n) is 18.7. The number of rotatable bonds is 4. The minimum absolute atomic E-state index is 0.00718. The normalized spacial score (nSPS) is 27.1. The molecule has 1 N–H and O–H groups in total. The molecule has 2 atom stereocenters. The lowest BCUT2D eigenvalue weighted by molar-refractivity contribution is -0.146. The molecule has 1 aliphatic carbocycles. The van der Waals surface area contributed by atoms with Gasteiger partial charge >= 0.3 is 6.18 Å². The average Bonchev–Trinajstić information content (AvgIpc) is 3.18. The molecule has 0 aromatic heterocycles. The molecule has 2 heterocycles. The van der Waals surface area contributed by atoms with Gasteiger partial charge in [-0.3, -0.25) is 4.79 Å². The molecule has 0 bridgehead atoms. The monoisotopic (exact) mass is 456 g/mol. The van der Waals surface area contributed by atoms with Crippen LogP contribution in [0.5, 0.6) is 0 Å². The fourth-order valence-corrected chi connectivity index (χ4v) is 5.68. The van der Waals surface area contributed by atoms with Crippen molar-refractivity contribution in [1.82, 2.24) is 10.2 Å². The summed E-state index contributed by atoms with van der Waals surface area (Å²) < 4.78 is 59.3. The number of carbonyl (C=O) groups is 1. The van der Waals surface area contributed by atoms with Crippen molar-refractivity contribution in [3.05, 3.63) is 34.6 Å². The Hall–Kier alpha value is -1.67. The zero-order valence-corrected chi connectivity index (χ0v) is 18.7. The van der Waals surface area contributed by atoms with Crippen LogP contribution in [0, 0.1) is 17.2 Å². The quantitative estimate of drug-likeness (QED) is 0.669. The number of nitrogens with one attached hydrogen (secondary N) is 1. The van der Waals surface area contributed by atoms with Gasteiger partial charge in [0, 0.05) is 38.4 Å². The Morgan fingerprint density at radius 3 is 2.56 bits per heavy atom. The second kappa shape index (κ2) is 8.93. The van der Waals surface area contributed by atoms with E-state index in [1.165, 1.54) is 0 Å². The van der Waals surface area contributed by atoms with E-state index in [0.717, 1.165) is 51.4 Å². The number of nitrogens with zero attached hydrogens (tertiary/aromatic N) is 1. The molecule has 4 nitrogen and oxygen atoms in total. The van der Waals surface area contributed by atoms with Gasteiger partial charge in [0.05, 0.1) is 11.0 Å². The molecular weight excluding hydrogens is 424 g/mol. The Balaban J connectivity index is 1.51. The Bertz CT molecular complexity index is 851. The van der Waals surface area contributed by atoms with Gasteiger partial charge in [-0.15, -0.1) is 0 Å². The molecule has 0 spiro atoms. The number of amides is 1. The first-order valence-electron chi connectivity index (χ1n) is 11.6. The third kappa shape index (κ3) is 4.53. The van der Waals surface area contributed by atoms with Crippen LogP contribution in [0.1, 0.15) is 62.6 Å². The molecule has 8 heteroatoms. The van der Waals surface area contributed by atoms with E-state index >= 15 is 0 Å². The topological polar surface area (TPSA) is 41.6 Å². The first-order valence-corrected chi connectivity index (χ1v) is 11.6. The minimum Gasteiger partial charge on any atom is -0.381 e. The fraction of sp³-hybridized carbons (Fsp3) is 0.708. The van der Waals surface area contributed by atoms with Crippen LogP contribution in [0.4, 0.5) is 17.6 Å². The number of hydrogen-bond acceptors (Lipinski definition) is 3. The lowest BCUT2D eigenvalue weighted by atomic mass is 9.73. The Labute approximate surface area is 186 Å². The number of carbonyl (C=O) groups excluding carboxylic acids is 1. The van der Waals surface area contributed by atoms with Crippen LogP contribution in [0.2, 0.25) is 0 Å². The van der Waals surface area contributed by atoms with E-state index in [4.69, 9.17) is 4.74 Å². The largest absolute Gasteiger partial charge is 0.416 e. The Kier molecular flexibility index (Phi) is 6.56. The Morgan fingerprint density at radius 2 is 1.91 bits per heavy atom. The van der Waals surface area contributed by atoms with Gasteiger partial charge in [-0.25, -0.2) is 4.39 Å². The van der Waals surface area contributed by atoms with Crippen molar-refractivity contribution < 1.29 is 27.1 Å². The molecule has 32 heavy (non-hydrogen) atoms. The summed E-state index contributed by atoms with van der Waals surface area (Å²) in [5.41, 5.74) is -0.972. The molecule has 1 saturated heterocycles. The van der Waals surface area contributed by atoms with E-state index in [0.29, 0.717) is 24.2 Å². The van der Waals surface area contributed by atoms with E-state index in [1.807, 2.05) is 13.8 Å². The van der Waals surface area contributed by atoms with Crippen molar-refractivity contribution in [2.45, 2.75) is 77.2 Å². The maximum atomic E-state index is 14.3. The summed E-state index contributed by atoms with van der Waals surface area (Å²) in [6.45, 7) is 5.97. The minimum atomic E-state index is -4.62. The molecule has 4 rings (SSSR count). The van der Waals surface area contributed by atoms with Crippen LogP contribution in [0.25, 0.3) is 0 Å². The van der Waals surface area contributed by atoms with Crippen molar-refractivity contribution in [3.63, 3.8) is 0 Å². The second-order valence-corrected chi connectivity index (χ2v) is 9.87. The van der Waals surface area contributed by atoms with Gasteiger partial charge in [0.1, 0.15) is 5.82 Å². The van der Waals surface area contributed by atoms with E-state index in [-0.39, 0.29) is 36.4 Å². The first-order chi connectivity index (χ1) is 15.1. The van der Waals surface area contributed by atoms with Gasteiger partial charge in [-0.05, 0) is 67.7 Å². The summed E-state index contributed by atoms with van der Waals surface area (Å²) in [6.07, 6.45) is -0.0620. The summed E-state index contributed by atoms with van der Waals surface area (Å²) in [4.78, 5) is 15.4. The fourth-order valence-electron chi connectivity index (χ4n) is 5.68. The summed E-state index contributed by atoms with van der Waals surface area (Å²) in [6, 6.07) is 2.22. The number of alkyl halides is 3. The van der Waals surface area contributed by atoms with Gasteiger partial charge in [-0.2, -0.15) is 13.2 Å². The van der Waals surface area contributed by atoms with Gasteiger partial charge in [-0.1, -0.05) is 13.8 Å². The van der Waals surface area contributed by atoms with E-state index < -0.39 is 23.0 Å². The second-order valence-electron chi connectivity index (χ2n) is 9.87. The molecule has 1 aromatic rings. The lowest BCUT2D eigenvalue weighted by Crippen LogP contribution is -2.49. The summed E-state index contributed by atoms with van der Waals surface area (Å²) in [5, 5.41) is 3.71. The Morgan fingerprint density at radius 1 is 1.19 bits per heavy atom. The van der Waals surface area contributed by atoms with Gasteiger partial charge in [0.15, 0.2) is 0 Å². The predicted octanol–water partition coefficient (Wildman–Crippen LogP) is 4.69. The maximum absolute atomic E-state index is 14.3. The van der Waals surface area contributed by atoms with Crippen LogP contribution in [-0.2, 0) is 28.7 Å². The lowest BCUT2D eigenvalue weighted by Gasteiger charge is -2.40. The molecule has 0 radical (unpaired) electrons. The number of fused-ring (bicyclic) bond motifs is 1. The SMILES string of the molecule is CC(C)C1(C(=O)N2CCc3c(F)cc(C(F)(F)F)cc3C2)CCC(NC2CCOCC2)C1. The first kappa shape index (κ1) is 23.5. The van der Waals surface area contributed by atoms with Gasteiger partial charge < -0.3 is 15.0 Å². The van der Waals surface area contributed by atoms with Gasteiger partial charge in [0.25, 0.3) is 0 Å². The molecule has 2 unspecified atom stereocenters. The van der Waals surface area contributed by atoms with Crippen LogP contribution in [-0.4, -0.2) is 42.6 Å². The number of benzene rings is 1. The van der Waals surface area contributed by atoms with Crippen molar-refractivity contribution in [2.75, 3.05) is 19.8 Å². The van der Waals surface area contributed by atoms with Crippen LogP contribution in [0.3, 0.4) is 0 Å². The highest BCUT2D eigenvalue weighted by Gasteiger charge is 2.50. The number of ether oxygens (including phenoxy) is 1.